The molecule has 1 heterocycles. The van der Waals surface area contributed by atoms with Crippen LogP contribution in [-0.4, -0.2) is 22.3 Å². The molecular weight excluding hydrogens is 304 g/mol. The fourth-order valence-corrected chi connectivity index (χ4v) is 2.52. The van der Waals surface area contributed by atoms with Crippen LogP contribution in [0.2, 0.25) is 0 Å². The van der Waals surface area contributed by atoms with Gasteiger partial charge in [-0.1, -0.05) is 30.3 Å². The van der Waals surface area contributed by atoms with Crippen LogP contribution in [0.15, 0.2) is 54.7 Å². The van der Waals surface area contributed by atoms with Crippen molar-refractivity contribution in [3.63, 3.8) is 0 Å². The summed E-state index contributed by atoms with van der Waals surface area (Å²) in [7, 11) is 0. The predicted molar refractivity (Wildman–Crippen MR) is 81.1 cm³/mol. The van der Waals surface area contributed by atoms with E-state index >= 15 is 0 Å². The molecule has 0 saturated carbocycles. The number of rotatable bonds is 5. The van der Waals surface area contributed by atoms with Crippen LogP contribution < -0.4 is 4.74 Å². The van der Waals surface area contributed by atoms with Crippen LogP contribution in [0.25, 0.3) is 10.9 Å². The Labute approximate surface area is 130 Å². The number of para-hydroxylation sites is 1. The summed E-state index contributed by atoms with van der Waals surface area (Å²) in [6, 6.07) is 13.5. The highest BCUT2D eigenvalue weighted by molar-refractivity contribution is 6.03. The number of fused-ring (bicyclic) bond motifs is 1. The van der Waals surface area contributed by atoms with E-state index in [1.54, 1.807) is 30.5 Å². The number of benzene rings is 2. The number of carboxylic acid groups (broad SMARTS) is 1. The molecule has 0 saturated heterocycles. The molecule has 3 aromatic rings. The van der Waals surface area contributed by atoms with E-state index in [1.807, 2.05) is 16.7 Å². The van der Waals surface area contributed by atoms with E-state index in [0.29, 0.717) is 11.9 Å². The average Bonchev–Trinajstić information content (AvgIpc) is 2.88. The molecule has 0 aliphatic heterocycles. The van der Waals surface area contributed by atoms with Gasteiger partial charge in [-0.2, -0.15) is 8.78 Å². The van der Waals surface area contributed by atoms with Crippen molar-refractivity contribution >= 4 is 16.9 Å². The SMILES string of the molecule is O=C(O)c1cn(Cc2ccc(OC(F)F)cc2)c2ccccc12. The van der Waals surface area contributed by atoms with Crippen LogP contribution in [0.3, 0.4) is 0 Å². The summed E-state index contributed by atoms with van der Waals surface area (Å²) < 4.78 is 30.4. The van der Waals surface area contributed by atoms with Gasteiger partial charge in [0.2, 0.25) is 0 Å². The Kier molecular flexibility index (Phi) is 3.97. The molecule has 23 heavy (non-hydrogen) atoms. The first-order chi connectivity index (χ1) is 11.0. The maximum Gasteiger partial charge on any atom is 0.387 e. The molecule has 1 aromatic heterocycles. The minimum atomic E-state index is -2.85. The van der Waals surface area contributed by atoms with E-state index in [0.717, 1.165) is 11.1 Å². The second-order valence-electron chi connectivity index (χ2n) is 5.02. The molecule has 0 radical (unpaired) electrons. The number of hydrogen-bond donors (Lipinski definition) is 1. The van der Waals surface area contributed by atoms with Crippen molar-refractivity contribution in [3.8, 4) is 5.75 Å². The number of ether oxygens (including phenoxy) is 1. The third kappa shape index (κ3) is 3.15. The minimum Gasteiger partial charge on any atom is -0.478 e. The van der Waals surface area contributed by atoms with Crippen molar-refractivity contribution in [1.29, 1.82) is 0 Å². The van der Waals surface area contributed by atoms with Crippen LogP contribution in [0.4, 0.5) is 8.78 Å². The molecule has 0 amide bonds. The zero-order chi connectivity index (χ0) is 16.4. The summed E-state index contributed by atoms with van der Waals surface area (Å²) >= 11 is 0. The molecule has 0 atom stereocenters. The smallest absolute Gasteiger partial charge is 0.387 e. The Morgan fingerprint density at radius 3 is 2.48 bits per heavy atom. The lowest BCUT2D eigenvalue weighted by Crippen LogP contribution is -2.02. The van der Waals surface area contributed by atoms with Crippen molar-refractivity contribution in [2.45, 2.75) is 13.2 Å². The van der Waals surface area contributed by atoms with E-state index in [-0.39, 0.29) is 11.3 Å². The Morgan fingerprint density at radius 1 is 1.13 bits per heavy atom. The molecule has 1 N–H and O–H groups in total. The van der Waals surface area contributed by atoms with Crippen molar-refractivity contribution in [2.75, 3.05) is 0 Å². The van der Waals surface area contributed by atoms with Gasteiger partial charge in [-0.3, -0.25) is 0 Å². The maximum atomic E-state index is 12.1. The Morgan fingerprint density at radius 2 is 1.83 bits per heavy atom. The van der Waals surface area contributed by atoms with Crippen LogP contribution in [0, 0.1) is 0 Å². The first-order valence-electron chi connectivity index (χ1n) is 6.89. The van der Waals surface area contributed by atoms with Crippen LogP contribution in [0.5, 0.6) is 5.75 Å². The third-order valence-electron chi connectivity index (χ3n) is 3.52. The normalized spacial score (nSPS) is 11.1. The molecule has 0 bridgehead atoms. The molecule has 0 fully saturated rings. The van der Waals surface area contributed by atoms with Crippen molar-refractivity contribution in [1.82, 2.24) is 4.57 Å². The van der Waals surface area contributed by atoms with E-state index < -0.39 is 12.6 Å². The summed E-state index contributed by atoms with van der Waals surface area (Å²) in [5.74, 6) is -0.895. The molecule has 4 nitrogen and oxygen atoms in total. The predicted octanol–water partition coefficient (Wildman–Crippen LogP) is 3.99. The van der Waals surface area contributed by atoms with Gasteiger partial charge in [0.1, 0.15) is 5.75 Å². The Bertz CT molecular complexity index is 841. The van der Waals surface area contributed by atoms with E-state index in [1.165, 1.54) is 12.1 Å². The van der Waals surface area contributed by atoms with Crippen molar-refractivity contribution in [2.24, 2.45) is 0 Å². The fourth-order valence-electron chi connectivity index (χ4n) is 2.52. The van der Waals surface area contributed by atoms with Gasteiger partial charge in [0, 0.05) is 23.6 Å². The van der Waals surface area contributed by atoms with Crippen LogP contribution >= 0.6 is 0 Å². The molecule has 0 aliphatic carbocycles. The lowest BCUT2D eigenvalue weighted by molar-refractivity contribution is -0.0498. The summed E-state index contributed by atoms with van der Waals surface area (Å²) in [5, 5.41) is 9.95. The lowest BCUT2D eigenvalue weighted by atomic mass is 10.2. The molecular formula is C17H13F2NO3. The van der Waals surface area contributed by atoms with Gasteiger partial charge in [0.15, 0.2) is 0 Å². The Hall–Kier alpha value is -2.89. The largest absolute Gasteiger partial charge is 0.478 e. The fraction of sp³-hybridized carbons (Fsp3) is 0.118. The zero-order valence-corrected chi connectivity index (χ0v) is 11.9. The summed E-state index contributed by atoms with van der Waals surface area (Å²) in [6.45, 7) is -2.42. The molecule has 0 unspecified atom stereocenters. The molecule has 3 rings (SSSR count). The third-order valence-corrected chi connectivity index (χ3v) is 3.52. The quantitative estimate of drug-likeness (QED) is 0.774. The number of halogens is 2. The molecule has 6 heteroatoms. The van der Waals surface area contributed by atoms with Gasteiger partial charge in [0.25, 0.3) is 0 Å². The summed E-state index contributed by atoms with van der Waals surface area (Å²) in [4.78, 5) is 11.3. The molecule has 0 spiro atoms. The number of carboxylic acids is 1. The first kappa shape index (κ1) is 15.0. The van der Waals surface area contributed by atoms with Gasteiger partial charge in [-0.05, 0) is 23.8 Å². The van der Waals surface area contributed by atoms with Crippen molar-refractivity contribution < 1.29 is 23.4 Å². The molecule has 0 aliphatic rings. The van der Waals surface area contributed by atoms with Crippen LogP contribution in [-0.2, 0) is 6.54 Å². The topological polar surface area (TPSA) is 51.5 Å². The van der Waals surface area contributed by atoms with Gasteiger partial charge in [-0.25, -0.2) is 4.79 Å². The number of aromatic nitrogens is 1. The average molecular weight is 317 g/mol. The van der Waals surface area contributed by atoms with Crippen molar-refractivity contribution in [3.05, 3.63) is 65.9 Å². The zero-order valence-electron chi connectivity index (χ0n) is 11.9. The Balaban J connectivity index is 1.91. The van der Waals surface area contributed by atoms with Gasteiger partial charge >= 0.3 is 12.6 Å². The highest BCUT2D eigenvalue weighted by Gasteiger charge is 2.13. The van der Waals surface area contributed by atoms with E-state index in [2.05, 4.69) is 4.74 Å². The van der Waals surface area contributed by atoms with Gasteiger partial charge < -0.3 is 14.4 Å². The number of carbonyl (C=O) groups is 1. The van der Waals surface area contributed by atoms with E-state index in [9.17, 15) is 18.7 Å². The second-order valence-corrected chi connectivity index (χ2v) is 5.02. The number of nitrogens with zero attached hydrogens (tertiary/aromatic N) is 1. The lowest BCUT2D eigenvalue weighted by Gasteiger charge is -2.08. The minimum absolute atomic E-state index is 0.0901. The molecule has 118 valence electrons. The maximum absolute atomic E-state index is 12.1. The number of hydrogen-bond acceptors (Lipinski definition) is 2. The number of aromatic carboxylic acids is 1. The summed E-state index contributed by atoms with van der Waals surface area (Å²) in [6.07, 6.45) is 1.58. The second kappa shape index (κ2) is 6.08. The van der Waals surface area contributed by atoms with Crippen LogP contribution in [0.1, 0.15) is 15.9 Å². The van der Waals surface area contributed by atoms with Gasteiger partial charge in [0.05, 0.1) is 5.56 Å². The van der Waals surface area contributed by atoms with E-state index in [4.69, 9.17) is 0 Å². The number of alkyl halides is 2. The monoisotopic (exact) mass is 317 g/mol. The summed E-state index contributed by atoms with van der Waals surface area (Å²) in [5.41, 5.74) is 1.89. The highest BCUT2D eigenvalue weighted by Crippen LogP contribution is 2.23. The standard InChI is InChI=1S/C17H13F2NO3/c18-17(19)23-12-7-5-11(6-8-12)9-20-10-14(16(21)22)13-3-1-2-4-15(13)20/h1-8,10,17H,9H2,(H,21,22). The highest BCUT2D eigenvalue weighted by atomic mass is 19.3. The molecule has 2 aromatic carbocycles. The first-order valence-corrected chi connectivity index (χ1v) is 6.89. The van der Waals surface area contributed by atoms with Gasteiger partial charge in [-0.15, -0.1) is 0 Å².